The van der Waals surface area contributed by atoms with Crippen molar-refractivity contribution in [2.75, 3.05) is 13.2 Å². The standard InChI is InChI=1S/C22H32F2O5/c1-20(23,24)19(27)28-13-21-7-15-6-16(8-21)10-22(9-15,12-21)29-18(26)17-4-2-14(11-25)3-5-17/h14-17,25H,2-13H2,1H3. The summed E-state index contributed by atoms with van der Waals surface area (Å²) in [5.74, 6) is -4.13. The van der Waals surface area contributed by atoms with Gasteiger partial charge in [0.1, 0.15) is 5.60 Å². The van der Waals surface area contributed by atoms with Gasteiger partial charge in [-0.15, -0.1) is 0 Å². The first-order valence-electron chi connectivity index (χ1n) is 11.0. The third kappa shape index (κ3) is 4.30. The molecule has 0 amide bonds. The molecule has 7 heteroatoms. The molecule has 5 aliphatic carbocycles. The topological polar surface area (TPSA) is 72.8 Å². The summed E-state index contributed by atoms with van der Waals surface area (Å²) in [4.78, 5) is 24.5. The summed E-state index contributed by atoms with van der Waals surface area (Å²) >= 11 is 0. The van der Waals surface area contributed by atoms with E-state index in [1.54, 1.807) is 0 Å². The van der Waals surface area contributed by atoms with Crippen LogP contribution in [0.15, 0.2) is 0 Å². The molecule has 29 heavy (non-hydrogen) atoms. The van der Waals surface area contributed by atoms with Crippen LogP contribution in [0, 0.1) is 29.1 Å². The Labute approximate surface area is 170 Å². The summed E-state index contributed by atoms with van der Waals surface area (Å²) in [6.07, 6.45) is 8.26. The van der Waals surface area contributed by atoms with Crippen molar-refractivity contribution >= 4 is 11.9 Å². The van der Waals surface area contributed by atoms with Crippen molar-refractivity contribution in [2.45, 2.75) is 82.7 Å². The summed E-state index contributed by atoms with van der Waals surface area (Å²) in [6, 6.07) is 0. The molecule has 5 saturated carbocycles. The Morgan fingerprint density at radius 3 is 2.24 bits per heavy atom. The Morgan fingerprint density at radius 2 is 1.69 bits per heavy atom. The second-order valence-electron chi connectivity index (χ2n) is 10.4. The van der Waals surface area contributed by atoms with Gasteiger partial charge in [-0.3, -0.25) is 4.79 Å². The van der Waals surface area contributed by atoms with Crippen molar-refractivity contribution in [3.63, 3.8) is 0 Å². The smallest absolute Gasteiger partial charge is 0.376 e. The highest BCUT2D eigenvalue weighted by molar-refractivity contribution is 5.77. The van der Waals surface area contributed by atoms with Crippen molar-refractivity contribution < 1.29 is 33.0 Å². The minimum atomic E-state index is -3.49. The number of hydrogen-bond acceptors (Lipinski definition) is 5. The lowest BCUT2D eigenvalue weighted by atomic mass is 9.48. The van der Waals surface area contributed by atoms with Crippen LogP contribution in [0.2, 0.25) is 0 Å². The van der Waals surface area contributed by atoms with Crippen LogP contribution in [0.5, 0.6) is 0 Å². The van der Waals surface area contributed by atoms with Gasteiger partial charge in [-0.1, -0.05) is 0 Å². The van der Waals surface area contributed by atoms with Gasteiger partial charge in [0.25, 0.3) is 0 Å². The fourth-order valence-corrected chi connectivity index (χ4v) is 6.88. The molecule has 0 aliphatic heterocycles. The lowest BCUT2D eigenvalue weighted by Gasteiger charge is -2.61. The molecule has 5 fully saturated rings. The van der Waals surface area contributed by atoms with Crippen LogP contribution in [0.3, 0.4) is 0 Å². The monoisotopic (exact) mass is 414 g/mol. The molecule has 5 rings (SSSR count). The summed E-state index contributed by atoms with van der Waals surface area (Å²) < 4.78 is 37.6. The minimum Gasteiger partial charge on any atom is -0.461 e. The van der Waals surface area contributed by atoms with Gasteiger partial charge in [-0.2, -0.15) is 8.78 Å². The molecular weight excluding hydrogens is 382 g/mol. The van der Waals surface area contributed by atoms with Gasteiger partial charge in [0, 0.05) is 18.9 Å². The predicted octanol–water partition coefficient (Wildman–Crippen LogP) is 3.87. The number of carbonyl (C=O) groups excluding carboxylic acids is 2. The fourth-order valence-electron chi connectivity index (χ4n) is 6.88. The Hall–Kier alpha value is -1.24. The number of alkyl halides is 2. The summed E-state index contributed by atoms with van der Waals surface area (Å²) in [5.41, 5.74) is -0.879. The zero-order valence-corrected chi connectivity index (χ0v) is 17.1. The number of carbonyl (C=O) groups is 2. The predicted molar refractivity (Wildman–Crippen MR) is 100 cm³/mol. The van der Waals surface area contributed by atoms with Gasteiger partial charge in [0.05, 0.1) is 12.5 Å². The SMILES string of the molecule is CC(F)(F)C(=O)OCC12CC3CC(C1)CC(OC(=O)C1CCC(CO)CC1)(C3)C2. The van der Waals surface area contributed by atoms with E-state index < -0.39 is 17.5 Å². The third-order valence-electron chi connectivity index (χ3n) is 7.75. The molecule has 4 bridgehead atoms. The lowest BCUT2D eigenvalue weighted by Crippen LogP contribution is -2.59. The van der Waals surface area contributed by atoms with Crippen molar-refractivity contribution in [3.05, 3.63) is 0 Å². The van der Waals surface area contributed by atoms with E-state index >= 15 is 0 Å². The first-order chi connectivity index (χ1) is 13.6. The highest BCUT2D eigenvalue weighted by Crippen LogP contribution is 2.63. The van der Waals surface area contributed by atoms with E-state index in [1.807, 2.05) is 0 Å². The molecule has 0 saturated heterocycles. The number of esters is 2. The van der Waals surface area contributed by atoms with Crippen LogP contribution in [0.1, 0.15) is 71.1 Å². The summed E-state index contributed by atoms with van der Waals surface area (Å²) in [5, 5.41) is 9.30. The zero-order valence-electron chi connectivity index (χ0n) is 17.1. The Kier molecular flexibility index (Phi) is 5.41. The molecule has 0 radical (unpaired) electrons. The van der Waals surface area contributed by atoms with Crippen LogP contribution < -0.4 is 0 Å². The highest BCUT2D eigenvalue weighted by Gasteiger charge is 2.60. The second kappa shape index (κ2) is 7.47. The number of aliphatic hydroxyl groups is 1. The van der Waals surface area contributed by atoms with Crippen molar-refractivity contribution in [1.82, 2.24) is 0 Å². The van der Waals surface area contributed by atoms with Gasteiger partial charge >= 0.3 is 17.9 Å². The van der Waals surface area contributed by atoms with E-state index in [0.717, 1.165) is 57.8 Å². The van der Waals surface area contributed by atoms with Crippen molar-refractivity contribution in [3.8, 4) is 0 Å². The average Bonchev–Trinajstić information content (AvgIpc) is 2.64. The van der Waals surface area contributed by atoms with Crippen LogP contribution in [-0.4, -0.2) is 41.8 Å². The number of ether oxygens (including phenoxy) is 2. The molecule has 2 unspecified atom stereocenters. The number of aliphatic hydroxyl groups excluding tert-OH is 1. The largest absolute Gasteiger partial charge is 0.461 e. The third-order valence-corrected chi connectivity index (χ3v) is 7.75. The van der Waals surface area contributed by atoms with Gasteiger partial charge in [-0.25, -0.2) is 4.79 Å². The molecule has 0 aromatic rings. The zero-order chi connectivity index (χ0) is 20.9. The fraction of sp³-hybridized carbons (Fsp3) is 0.909. The normalized spacial score (nSPS) is 41.2. The first-order valence-corrected chi connectivity index (χ1v) is 11.0. The molecule has 164 valence electrons. The maximum absolute atomic E-state index is 13.2. The minimum absolute atomic E-state index is 0.0107. The van der Waals surface area contributed by atoms with E-state index in [-0.39, 0.29) is 36.4 Å². The van der Waals surface area contributed by atoms with Crippen LogP contribution in [0.25, 0.3) is 0 Å². The Bertz CT molecular complexity index is 636. The molecule has 0 spiro atoms. The summed E-state index contributed by atoms with van der Waals surface area (Å²) in [6.45, 7) is 0.722. The maximum atomic E-state index is 13.2. The van der Waals surface area contributed by atoms with E-state index in [2.05, 4.69) is 0 Å². The lowest BCUT2D eigenvalue weighted by molar-refractivity contribution is -0.217. The molecule has 5 aliphatic rings. The molecule has 5 nitrogen and oxygen atoms in total. The highest BCUT2D eigenvalue weighted by atomic mass is 19.3. The van der Waals surface area contributed by atoms with Crippen LogP contribution >= 0.6 is 0 Å². The van der Waals surface area contributed by atoms with Crippen molar-refractivity contribution in [1.29, 1.82) is 0 Å². The quantitative estimate of drug-likeness (QED) is 0.668. The second-order valence-corrected chi connectivity index (χ2v) is 10.4. The van der Waals surface area contributed by atoms with Crippen molar-refractivity contribution in [2.24, 2.45) is 29.1 Å². The van der Waals surface area contributed by atoms with Crippen LogP contribution in [-0.2, 0) is 19.1 Å². The number of hydrogen-bond donors (Lipinski definition) is 1. The van der Waals surface area contributed by atoms with Gasteiger partial charge < -0.3 is 14.6 Å². The maximum Gasteiger partial charge on any atom is 0.376 e. The van der Waals surface area contributed by atoms with E-state index in [4.69, 9.17) is 9.47 Å². The first kappa shape index (κ1) is 21.0. The molecule has 0 heterocycles. The Morgan fingerprint density at radius 1 is 1.07 bits per heavy atom. The van der Waals surface area contributed by atoms with E-state index in [1.165, 1.54) is 0 Å². The van der Waals surface area contributed by atoms with Gasteiger partial charge in [-0.05, 0) is 82.0 Å². The van der Waals surface area contributed by atoms with E-state index in [0.29, 0.717) is 25.2 Å². The number of halogens is 2. The molecular formula is C22H32F2O5. The Balaban J connectivity index is 1.41. The molecule has 0 aromatic carbocycles. The van der Waals surface area contributed by atoms with Gasteiger partial charge in [0.15, 0.2) is 0 Å². The average molecular weight is 414 g/mol. The molecule has 2 atom stereocenters. The van der Waals surface area contributed by atoms with Gasteiger partial charge in [0.2, 0.25) is 0 Å². The number of rotatable bonds is 6. The molecule has 0 aromatic heterocycles. The molecule has 1 N–H and O–H groups in total. The van der Waals surface area contributed by atoms with E-state index in [9.17, 15) is 23.5 Å². The summed E-state index contributed by atoms with van der Waals surface area (Å²) in [7, 11) is 0. The van der Waals surface area contributed by atoms with Crippen LogP contribution in [0.4, 0.5) is 8.78 Å².